The van der Waals surface area contributed by atoms with Gasteiger partial charge in [0.2, 0.25) is 0 Å². The molecule has 2 aliphatic heterocycles. The minimum Gasteiger partial charge on any atom is -0.441 e. The summed E-state index contributed by atoms with van der Waals surface area (Å²) in [4.78, 5) is 12.4. The Morgan fingerprint density at radius 2 is 1.85 bits per heavy atom. The average Bonchev–Trinajstić information content (AvgIpc) is 3.30. The number of carbonyl (C=O) groups excluding carboxylic acids is 1. The van der Waals surface area contributed by atoms with Crippen molar-refractivity contribution in [2.75, 3.05) is 25.1 Å². The highest BCUT2D eigenvalue weighted by molar-refractivity contribution is 6.00. The molecular weight excluding hydrogens is 344 g/mol. The highest BCUT2D eigenvalue weighted by Crippen LogP contribution is 2.32. The lowest BCUT2D eigenvalue weighted by molar-refractivity contribution is 0.00857. The Hall–Kier alpha value is -2.15. The molecule has 142 valence electrons. The topological polar surface area (TPSA) is 68.8 Å². The molecule has 0 bridgehead atoms. The van der Waals surface area contributed by atoms with Crippen LogP contribution in [0.15, 0.2) is 42.5 Å². The molecule has 5 rings (SSSR count). The van der Waals surface area contributed by atoms with Crippen molar-refractivity contribution in [2.45, 2.75) is 37.2 Å². The summed E-state index contributed by atoms with van der Waals surface area (Å²) in [6.07, 6.45) is 1.54. The smallest absolute Gasteiger partial charge is 0.412 e. The molecule has 6 nitrogen and oxygen atoms in total. The van der Waals surface area contributed by atoms with Crippen LogP contribution in [0, 0.1) is 5.92 Å². The molecule has 0 aromatic heterocycles. The summed E-state index contributed by atoms with van der Waals surface area (Å²) in [7, 11) is 0. The van der Waals surface area contributed by atoms with E-state index in [2.05, 4.69) is 10.6 Å². The van der Waals surface area contributed by atoms with Gasteiger partial charge in [-0.3, -0.25) is 5.32 Å². The number of amides is 1. The number of hydrogen-bond donors (Lipinski definition) is 2. The van der Waals surface area contributed by atoms with Crippen LogP contribution in [-0.2, 0) is 14.2 Å². The maximum atomic E-state index is 12.4. The van der Waals surface area contributed by atoms with Crippen molar-refractivity contribution in [3.63, 3.8) is 0 Å². The second-order valence-electron chi connectivity index (χ2n) is 7.65. The van der Waals surface area contributed by atoms with Crippen LogP contribution in [-0.4, -0.2) is 50.2 Å². The van der Waals surface area contributed by atoms with Crippen molar-refractivity contribution in [1.29, 1.82) is 0 Å². The largest absolute Gasteiger partial charge is 0.441 e. The van der Waals surface area contributed by atoms with Crippen molar-refractivity contribution < 1.29 is 19.0 Å². The molecule has 3 fully saturated rings. The Morgan fingerprint density at radius 1 is 1.04 bits per heavy atom. The van der Waals surface area contributed by atoms with Gasteiger partial charge in [0.15, 0.2) is 6.10 Å². The molecule has 0 radical (unpaired) electrons. The van der Waals surface area contributed by atoms with Crippen LogP contribution in [0.25, 0.3) is 10.8 Å². The van der Waals surface area contributed by atoms with Crippen LogP contribution in [0.2, 0.25) is 0 Å². The summed E-state index contributed by atoms with van der Waals surface area (Å²) < 4.78 is 17.4. The first kappa shape index (κ1) is 17.0. The van der Waals surface area contributed by atoms with E-state index in [0.717, 1.165) is 28.9 Å². The van der Waals surface area contributed by atoms with Gasteiger partial charge in [-0.25, -0.2) is 4.79 Å². The lowest BCUT2D eigenvalue weighted by Crippen LogP contribution is -2.42. The quantitative estimate of drug-likeness (QED) is 0.849. The second kappa shape index (κ2) is 7.11. The molecule has 2 N–H and O–H groups in total. The molecule has 27 heavy (non-hydrogen) atoms. The molecule has 0 spiro atoms. The molecule has 3 aliphatic rings. The van der Waals surface area contributed by atoms with E-state index in [-0.39, 0.29) is 24.4 Å². The third-order valence-electron chi connectivity index (χ3n) is 5.66. The molecule has 1 aliphatic carbocycles. The number of hydrogen-bond acceptors (Lipinski definition) is 5. The number of nitrogens with one attached hydrogen (secondary N) is 2. The molecule has 4 atom stereocenters. The van der Waals surface area contributed by atoms with Gasteiger partial charge < -0.3 is 19.5 Å². The van der Waals surface area contributed by atoms with Gasteiger partial charge in [-0.15, -0.1) is 0 Å². The molecule has 2 aromatic rings. The predicted molar refractivity (Wildman–Crippen MR) is 102 cm³/mol. The van der Waals surface area contributed by atoms with E-state index in [4.69, 9.17) is 14.2 Å². The minimum absolute atomic E-state index is 0.0425. The first-order valence-electron chi connectivity index (χ1n) is 9.70. The number of ether oxygens (including phenoxy) is 3. The van der Waals surface area contributed by atoms with E-state index < -0.39 is 6.09 Å². The maximum absolute atomic E-state index is 12.4. The van der Waals surface area contributed by atoms with Crippen LogP contribution in [0.4, 0.5) is 10.5 Å². The molecule has 6 heteroatoms. The molecule has 2 saturated heterocycles. The molecular formula is C21H24N2O4. The number of fused-ring (bicyclic) bond motifs is 2. The Kier molecular flexibility index (Phi) is 4.47. The normalized spacial score (nSPS) is 29.6. The molecule has 0 unspecified atom stereocenters. The summed E-state index contributed by atoms with van der Waals surface area (Å²) in [5.41, 5.74) is 0.741. The maximum Gasteiger partial charge on any atom is 0.412 e. The number of benzene rings is 2. The minimum atomic E-state index is -0.474. The number of rotatable bonds is 5. The third-order valence-corrected chi connectivity index (χ3v) is 5.66. The van der Waals surface area contributed by atoms with Gasteiger partial charge >= 0.3 is 6.09 Å². The molecule has 1 saturated carbocycles. The monoisotopic (exact) mass is 368 g/mol. The zero-order valence-electron chi connectivity index (χ0n) is 15.1. The third kappa shape index (κ3) is 3.52. The first-order valence-corrected chi connectivity index (χ1v) is 9.70. The Bertz CT molecular complexity index is 833. The first-order chi connectivity index (χ1) is 13.3. The van der Waals surface area contributed by atoms with Gasteiger partial charge in [0.25, 0.3) is 0 Å². The van der Waals surface area contributed by atoms with Gasteiger partial charge in [0.1, 0.15) is 12.2 Å². The van der Waals surface area contributed by atoms with Gasteiger partial charge in [-0.2, -0.15) is 0 Å². The van der Waals surface area contributed by atoms with E-state index in [1.807, 2.05) is 42.5 Å². The lowest BCUT2D eigenvalue weighted by Gasteiger charge is -2.18. The van der Waals surface area contributed by atoms with E-state index in [9.17, 15) is 4.79 Å². The molecule has 2 heterocycles. The standard InChI is InChI=1S/C21H24N2O4/c24-21(23-16-7-3-5-14-4-1-2-6-15(14)16)27-18-12-26-19-17(11-25-20(18)19)22-10-13-8-9-13/h1-7,13,17-20,22H,8-12H2,(H,23,24)/t17-,18+,19+,20+/m0/s1. The molecule has 1 amide bonds. The van der Waals surface area contributed by atoms with Gasteiger partial charge in [0, 0.05) is 5.39 Å². The van der Waals surface area contributed by atoms with E-state index in [1.54, 1.807) is 0 Å². The average molecular weight is 368 g/mol. The number of carbonyl (C=O) groups is 1. The van der Waals surface area contributed by atoms with E-state index >= 15 is 0 Å². The van der Waals surface area contributed by atoms with Crippen LogP contribution >= 0.6 is 0 Å². The molecule has 2 aromatic carbocycles. The zero-order chi connectivity index (χ0) is 18.2. The summed E-state index contributed by atoms with van der Waals surface area (Å²) in [5, 5.41) is 8.46. The summed E-state index contributed by atoms with van der Waals surface area (Å²) >= 11 is 0. The van der Waals surface area contributed by atoms with Crippen molar-refractivity contribution >= 4 is 22.6 Å². The number of anilines is 1. The van der Waals surface area contributed by atoms with Crippen molar-refractivity contribution in [2.24, 2.45) is 5.92 Å². The zero-order valence-corrected chi connectivity index (χ0v) is 15.1. The van der Waals surface area contributed by atoms with E-state index in [0.29, 0.717) is 13.2 Å². The van der Waals surface area contributed by atoms with E-state index in [1.165, 1.54) is 12.8 Å². The summed E-state index contributed by atoms with van der Waals surface area (Å²) in [5.74, 6) is 0.809. The second-order valence-corrected chi connectivity index (χ2v) is 7.65. The fourth-order valence-electron chi connectivity index (χ4n) is 3.99. The van der Waals surface area contributed by atoms with Gasteiger partial charge in [-0.05, 0) is 36.8 Å². The van der Waals surface area contributed by atoms with Crippen LogP contribution in [0.1, 0.15) is 12.8 Å². The van der Waals surface area contributed by atoms with Crippen LogP contribution in [0.3, 0.4) is 0 Å². The lowest BCUT2D eigenvalue weighted by atomic mass is 10.1. The Labute approximate surface area is 158 Å². The summed E-state index contributed by atoms with van der Waals surface area (Å²) in [6.45, 7) is 2.00. The Morgan fingerprint density at radius 3 is 2.74 bits per heavy atom. The van der Waals surface area contributed by atoms with Crippen LogP contribution < -0.4 is 10.6 Å². The van der Waals surface area contributed by atoms with Crippen LogP contribution in [0.5, 0.6) is 0 Å². The van der Waals surface area contributed by atoms with Gasteiger partial charge in [-0.1, -0.05) is 36.4 Å². The fourth-order valence-corrected chi connectivity index (χ4v) is 3.99. The summed E-state index contributed by atoms with van der Waals surface area (Å²) in [6, 6.07) is 13.9. The van der Waals surface area contributed by atoms with Crippen molar-refractivity contribution in [3.05, 3.63) is 42.5 Å². The highest BCUT2D eigenvalue weighted by atomic mass is 16.6. The van der Waals surface area contributed by atoms with Crippen molar-refractivity contribution in [3.8, 4) is 0 Å². The van der Waals surface area contributed by atoms with Gasteiger partial charge in [0.05, 0.1) is 24.9 Å². The fraction of sp³-hybridized carbons (Fsp3) is 0.476. The Balaban J connectivity index is 1.20. The highest BCUT2D eigenvalue weighted by Gasteiger charge is 2.49. The van der Waals surface area contributed by atoms with Crippen molar-refractivity contribution in [1.82, 2.24) is 5.32 Å². The SMILES string of the molecule is O=C(Nc1cccc2ccccc12)O[C@@H]1CO[C@H]2[C@@H]1OC[C@@H]2NCC1CC1. The predicted octanol–water partition coefficient (Wildman–Crippen LogP) is 2.92.